The van der Waals surface area contributed by atoms with Crippen molar-refractivity contribution < 1.29 is 13.2 Å². The van der Waals surface area contributed by atoms with Crippen LogP contribution < -0.4 is 5.32 Å². The maximum atomic E-state index is 12.8. The van der Waals surface area contributed by atoms with Crippen LogP contribution >= 0.6 is 0 Å². The van der Waals surface area contributed by atoms with Crippen molar-refractivity contribution in [1.29, 1.82) is 0 Å². The molecule has 0 aliphatic rings. The maximum absolute atomic E-state index is 12.8. The molecule has 0 heterocycles. The minimum Gasteiger partial charge on any atom is -0.375 e. The average Bonchev–Trinajstić information content (AvgIpc) is 2.74. The Balaban J connectivity index is 1.64. The van der Waals surface area contributed by atoms with Crippen molar-refractivity contribution in [2.24, 2.45) is 0 Å². The molecule has 0 bridgehead atoms. The lowest BCUT2D eigenvalue weighted by Crippen LogP contribution is -2.39. The van der Waals surface area contributed by atoms with Gasteiger partial charge < -0.3 is 10.1 Å². The van der Waals surface area contributed by atoms with E-state index in [-0.39, 0.29) is 11.8 Å². The van der Waals surface area contributed by atoms with E-state index in [1.54, 1.807) is 24.3 Å². The third-order valence-corrected chi connectivity index (χ3v) is 6.22. The molecule has 0 aromatic heterocycles. The first kappa shape index (κ1) is 20.3. The molecule has 28 heavy (non-hydrogen) atoms. The monoisotopic (exact) mass is 395 g/mol. The number of rotatable bonds is 10. The summed E-state index contributed by atoms with van der Waals surface area (Å²) in [7, 11) is -3.40. The number of hydrogen-bond acceptors (Lipinski definition) is 4. The van der Waals surface area contributed by atoms with Crippen LogP contribution in [0.4, 0.5) is 0 Å². The smallest absolute Gasteiger partial charge is 0.179 e. The van der Waals surface area contributed by atoms with Gasteiger partial charge in [-0.2, -0.15) is 0 Å². The predicted molar refractivity (Wildman–Crippen MR) is 112 cm³/mol. The minimum atomic E-state index is -3.40. The summed E-state index contributed by atoms with van der Waals surface area (Å²) in [4.78, 5) is 0.338. The molecule has 1 N–H and O–H groups in total. The number of benzene rings is 3. The van der Waals surface area contributed by atoms with Crippen LogP contribution in [0.1, 0.15) is 11.1 Å². The summed E-state index contributed by atoms with van der Waals surface area (Å²) in [5, 5.41) is 3.34. The van der Waals surface area contributed by atoms with Crippen LogP contribution in [-0.4, -0.2) is 26.8 Å². The number of hydrogen-bond donors (Lipinski definition) is 1. The minimum absolute atomic E-state index is 0.0152. The van der Waals surface area contributed by atoms with Gasteiger partial charge in [-0.3, -0.25) is 0 Å². The molecule has 0 unspecified atom stereocenters. The molecule has 4 nitrogen and oxygen atoms in total. The van der Waals surface area contributed by atoms with Crippen molar-refractivity contribution >= 4 is 9.84 Å². The first-order chi connectivity index (χ1) is 13.6. The van der Waals surface area contributed by atoms with Gasteiger partial charge in [-0.1, -0.05) is 78.9 Å². The molecule has 0 fully saturated rings. The van der Waals surface area contributed by atoms with Crippen LogP contribution in [0.2, 0.25) is 0 Å². The van der Waals surface area contributed by atoms with E-state index in [0.717, 1.165) is 11.1 Å². The van der Waals surface area contributed by atoms with E-state index in [4.69, 9.17) is 4.74 Å². The van der Waals surface area contributed by atoms with Crippen LogP contribution in [0.3, 0.4) is 0 Å². The topological polar surface area (TPSA) is 55.4 Å². The molecule has 0 saturated heterocycles. The summed E-state index contributed by atoms with van der Waals surface area (Å²) in [6.07, 6.45) is 0. The van der Waals surface area contributed by atoms with Gasteiger partial charge in [-0.05, 0) is 23.3 Å². The second-order valence-electron chi connectivity index (χ2n) is 6.66. The molecule has 3 aromatic rings. The second-order valence-corrected chi connectivity index (χ2v) is 8.69. The Bertz CT molecular complexity index is 929. The average molecular weight is 396 g/mol. The zero-order chi connectivity index (χ0) is 19.7. The normalized spacial score (nSPS) is 12.6. The largest absolute Gasteiger partial charge is 0.375 e. The Morgan fingerprint density at radius 3 is 1.89 bits per heavy atom. The molecule has 3 rings (SSSR count). The van der Waals surface area contributed by atoms with Gasteiger partial charge in [0.05, 0.1) is 23.9 Å². The predicted octanol–water partition coefficient (Wildman–Crippen LogP) is 3.84. The van der Waals surface area contributed by atoms with Crippen LogP contribution in [0.5, 0.6) is 0 Å². The lowest BCUT2D eigenvalue weighted by molar-refractivity contribution is 0.103. The maximum Gasteiger partial charge on any atom is 0.179 e. The lowest BCUT2D eigenvalue weighted by atomic mass is 10.2. The molecular weight excluding hydrogens is 370 g/mol. The van der Waals surface area contributed by atoms with Gasteiger partial charge in [-0.25, -0.2) is 8.42 Å². The Hall–Kier alpha value is -2.47. The van der Waals surface area contributed by atoms with Crippen molar-refractivity contribution in [1.82, 2.24) is 5.32 Å². The standard InChI is InChI=1S/C23H25NO3S/c25-28(26,23-14-8-3-9-15-23)19-22(24-16-20-10-4-1-5-11-20)18-27-17-21-12-6-2-7-13-21/h1-15,22,24H,16-19H2/t22-/m1/s1. The zero-order valence-electron chi connectivity index (χ0n) is 15.7. The summed E-state index contributed by atoms with van der Waals surface area (Å²) < 4.78 is 31.4. The Kier molecular flexibility index (Phi) is 7.37. The van der Waals surface area contributed by atoms with Crippen LogP contribution in [0.15, 0.2) is 95.9 Å². The van der Waals surface area contributed by atoms with Crippen LogP contribution in [0, 0.1) is 0 Å². The summed E-state index contributed by atoms with van der Waals surface area (Å²) >= 11 is 0. The van der Waals surface area contributed by atoms with E-state index in [2.05, 4.69) is 5.32 Å². The third-order valence-electron chi connectivity index (χ3n) is 4.39. The SMILES string of the molecule is O=S(=O)(C[C@@H](COCc1ccccc1)NCc1ccccc1)c1ccccc1. The fourth-order valence-corrected chi connectivity index (χ4v) is 4.41. The Labute approximate surface area is 167 Å². The number of ether oxygens (including phenoxy) is 1. The molecule has 0 amide bonds. The summed E-state index contributed by atoms with van der Waals surface area (Å²) in [5.41, 5.74) is 2.17. The van der Waals surface area contributed by atoms with Crippen molar-refractivity contribution in [2.45, 2.75) is 24.1 Å². The fourth-order valence-electron chi connectivity index (χ4n) is 2.91. The molecular formula is C23H25NO3S. The number of nitrogens with one attached hydrogen (secondary N) is 1. The van der Waals surface area contributed by atoms with Gasteiger partial charge in [0.1, 0.15) is 0 Å². The van der Waals surface area contributed by atoms with E-state index in [1.165, 1.54) is 0 Å². The van der Waals surface area contributed by atoms with Crippen LogP contribution in [0.25, 0.3) is 0 Å². The fraction of sp³-hybridized carbons (Fsp3) is 0.217. The Morgan fingerprint density at radius 1 is 0.750 bits per heavy atom. The summed E-state index contributed by atoms with van der Waals surface area (Å²) in [6.45, 7) is 1.36. The van der Waals surface area contributed by atoms with Crippen molar-refractivity contribution in [2.75, 3.05) is 12.4 Å². The molecule has 146 valence electrons. The van der Waals surface area contributed by atoms with Crippen molar-refractivity contribution in [3.8, 4) is 0 Å². The van der Waals surface area contributed by atoms with E-state index < -0.39 is 9.84 Å². The molecule has 0 spiro atoms. The van der Waals surface area contributed by atoms with E-state index in [0.29, 0.717) is 24.7 Å². The highest BCUT2D eigenvalue weighted by molar-refractivity contribution is 7.91. The van der Waals surface area contributed by atoms with E-state index >= 15 is 0 Å². The van der Waals surface area contributed by atoms with Gasteiger partial charge in [0.15, 0.2) is 9.84 Å². The highest BCUT2D eigenvalue weighted by atomic mass is 32.2. The molecule has 5 heteroatoms. The molecule has 1 atom stereocenters. The molecule has 0 radical (unpaired) electrons. The lowest BCUT2D eigenvalue weighted by Gasteiger charge is -2.19. The third kappa shape index (κ3) is 6.30. The molecule has 0 aliphatic heterocycles. The van der Waals surface area contributed by atoms with Crippen LogP contribution in [-0.2, 0) is 27.7 Å². The Morgan fingerprint density at radius 2 is 1.29 bits per heavy atom. The van der Waals surface area contributed by atoms with Gasteiger partial charge in [0, 0.05) is 12.6 Å². The molecule has 3 aromatic carbocycles. The quantitative estimate of drug-likeness (QED) is 0.567. The first-order valence-corrected chi connectivity index (χ1v) is 11.0. The zero-order valence-corrected chi connectivity index (χ0v) is 16.5. The summed E-state index contributed by atoms with van der Waals surface area (Å²) in [6, 6.07) is 28.1. The van der Waals surface area contributed by atoms with Gasteiger partial charge in [0.25, 0.3) is 0 Å². The molecule has 0 aliphatic carbocycles. The molecule has 0 saturated carbocycles. The van der Waals surface area contributed by atoms with E-state index in [9.17, 15) is 8.42 Å². The van der Waals surface area contributed by atoms with Gasteiger partial charge >= 0.3 is 0 Å². The van der Waals surface area contributed by atoms with Gasteiger partial charge in [-0.15, -0.1) is 0 Å². The number of sulfone groups is 1. The van der Waals surface area contributed by atoms with E-state index in [1.807, 2.05) is 66.7 Å². The van der Waals surface area contributed by atoms with Gasteiger partial charge in [0.2, 0.25) is 0 Å². The highest BCUT2D eigenvalue weighted by Crippen LogP contribution is 2.12. The second kappa shape index (κ2) is 10.2. The summed E-state index contributed by atoms with van der Waals surface area (Å²) in [5.74, 6) is -0.0152. The van der Waals surface area contributed by atoms with Crippen molar-refractivity contribution in [3.05, 3.63) is 102 Å². The first-order valence-electron chi connectivity index (χ1n) is 9.30. The van der Waals surface area contributed by atoms with Crippen molar-refractivity contribution in [3.63, 3.8) is 0 Å². The highest BCUT2D eigenvalue weighted by Gasteiger charge is 2.21.